The molecule has 3 heteroatoms. The summed E-state index contributed by atoms with van der Waals surface area (Å²) in [4.78, 5) is 12.0. The number of hydrogen-bond donors (Lipinski definition) is 0. The van der Waals surface area contributed by atoms with Crippen LogP contribution in [0.2, 0.25) is 0 Å². The number of halogens is 1. The van der Waals surface area contributed by atoms with Gasteiger partial charge in [-0.3, -0.25) is 4.79 Å². The molecule has 0 aliphatic heterocycles. The van der Waals surface area contributed by atoms with Crippen LogP contribution in [-0.4, -0.2) is 4.57 Å². The summed E-state index contributed by atoms with van der Waals surface area (Å²) in [6.45, 7) is 4.75. The van der Waals surface area contributed by atoms with Gasteiger partial charge in [0.25, 0.3) is 5.56 Å². The van der Waals surface area contributed by atoms with Gasteiger partial charge < -0.3 is 4.57 Å². The minimum Gasteiger partial charge on any atom is -0.312 e. The number of pyridine rings is 1. The maximum Gasteiger partial charge on any atom is 0.265 e. The Balaban J connectivity index is 2.18. The van der Waals surface area contributed by atoms with Crippen molar-refractivity contribution >= 4 is 15.9 Å². The molecular weight excluding hydrogens is 290 g/mol. The molecule has 0 bridgehead atoms. The van der Waals surface area contributed by atoms with Gasteiger partial charge in [0.2, 0.25) is 0 Å². The van der Waals surface area contributed by atoms with E-state index in [-0.39, 0.29) is 5.56 Å². The van der Waals surface area contributed by atoms with Gasteiger partial charge in [-0.15, -0.1) is 0 Å². The van der Waals surface area contributed by atoms with Crippen LogP contribution >= 0.6 is 15.9 Å². The highest BCUT2D eigenvalue weighted by molar-refractivity contribution is 9.10. The van der Waals surface area contributed by atoms with Crippen molar-refractivity contribution in [2.75, 3.05) is 0 Å². The summed E-state index contributed by atoms with van der Waals surface area (Å²) in [5.74, 6) is 0. The first-order chi connectivity index (χ1) is 8.58. The molecule has 0 aliphatic carbocycles. The number of hydrogen-bond acceptors (Lipinski definition) is 1. The summed E-state index contributed by atoms with van der Waals surface area (Å²) < 4.78 is 2.43. The lowest BCUT2D eigenvalue weighted by molar-refractivity contribution is 0.646. The highest BCUT2D eigenvalue weighted by atomic mass is 79.9. The summed E-state index contributed by atoms with van der Waals surface area (Å²) in [6, 6.07) is 12.2. The molecule has 0 N–H and O–H groups in total. The molecule has 0 unspecified atom stereocenters. The molecule has 0 radical (unpaired) electrons. The van der Waals surface area contributed by atoms with E-state index < -0.39 is 0 Å². The fourth-order valence-corrected chi connectivity index (χ4v) is 2.26. The average Bonchev–Trinajstić information content (AvgIpc) is 2.36. The van der Waals surface area contributed by atoms with E-state index in [0.717, 1.165) is 12.1 Å². The molecule has 18 heavy (non-hydrogen) atoms. The first-order valence-corrected chi connectivity index (χ1v) is 6.79. The number of rotatable bonds is 3. The zero-order valence-electron chi connectivity index (χ0n) is 10.6. The van der Waals surface area contributed by atoms with Crippen LogP contribution in [-0.2, 0) is 13.0 Å². The summed E-state index contributed by atoms with van der Waals surface area (Å²) in [6.07, 6.45) is 0.872. The minimum atomic E-state index is 0.0436. The Bertz CT molecular complexity index is 599. The lowest BCUT2D eigenvalue weighted by Gasteiger charge is -2.10. The predicted molar refractivity (Wildman–Crippen MR) is 78.0 cm³/mol. The zero-order valence-corrected chi connectivity index (χ0v) is 12.2. The number of aromatic nitrogens is 1. The average molecular weight is 306 g/mol. The van der Waals surface area contributed by atoms with E-state index in [0.29, 0.717) is 11.0 Å². The third-order valence-electron chi connectivity index (χ3n) is 3.09. The van der Waals surface area contributed by atoms with Crippen LogP contribution in [0.1, 0.15) is 16.8 Å². The molecule has 2 rings (SSSR count). The van der Waals surface area contributed by atoms with Crippen LogP contribution in [0.3, 0.4) is 0 Å². The Labute approximate surface area is 115 Å². The maximum atomic E-state index is 12.0. The quantitative estimate of drug-likeness (QED) is 0.851. The Morgan fingerprint density at radius 2 is 1.72 bits per heavy atom. The van der Waals surface area contributed by atoms with Gasteiger partial charge in [-0.1, -0.05) is 29.8 Å². The van der Waals surface area contributed by atoms with Crippen molar-refractivity contribution in [2.24, 2.45) is 0 Å². The molecule has 0 aliphatic rings. The van der Waals surface area contributed by atoms with Gasteiger partial charge in [0, 0.05) is 12.2 Å². The zero-order chi connectivity index (χ0) is 13.1. The summed E-state index contributed by atoms with van der Waals surface area (Å²) >= 11 is 3.28. The molecule has 0 atom stereocenters. The topological polar surface area (TPSA) is 22.0 Å². The lowest BCUT2D eigenvalue weighted by atomic mass is 10.1. The first-order valence-electron chi connectivity index (χ1n) is 5.99. The predicted octanol–water partition coefficient (Wildman–Crippen LogP) is 3.47. The maximum absolute atomic E-state index is 12.0. The fourth-order valence-electron chi connectivity index (χ4n) is 1.92. The largest absolute Gasteiger partial charge is 0.312 e. The van der Waals surface area contributed by atoms with E-state index >= 15 is 0 Å². The van der Waals surface area contributed by atoms with Crippen molar-refractivity contribution in [3.8, 4) is 0 Å². The Morgan fingerprint density at radius 1 is 1.06 bits per heavy atom. The van der Waals surface area contributed by atoms with Gasteiger partial charge in [0.05, 0.1) is 4.47 Å². The van der Waals surface area contributed by atoms with E-state index in [1.165, 1.54) is 11.1 Å². The van der Waals surface area contributed by atoms with Gasteiger partial charge in [0.1, 0.15) is 0 Å². The molecule has 0 fully saturated rings. The molecule has 0 amide bonds. The van der Waals surface area contributed by atoms with Gasteiger partial charge in [-0.25, -0.2) is 0 Å². The molecule has 2 nitrogen and oxygen atoms in total. The molecule has 1 aromatic heterocycles. The standard InChI is InChI=1S/C15H16BrNO/c1-11-3-6-13(7-4-11)9-10-17-12(2)5-8-14(16)15(17)18/h3-8H,9-10H2,1-2H3. The monoisotopic (exact) mass is 305 g/mol. The van der Waals surface area contributed by atoms with Gasteiger partial charge in [0.15, 0.2) is 0 Å². The van der Waals surface area contributed by atoms with Crippen LogP contribution in [0.5, 0.6) is 0 Å². The Kier molecular flexibility index (Phi) is 4.02. The molecule has 2 aromatic rings. The Hall–Kier alpha value is -1.35. The van der Waals surface area contributed by atoms with Crippen molar-refractivity contribution in [3.63, 3.8) is 0 Å². The van der Waals surface area contributed by atoms with Gasteiger partial charge in [-0.05, 0) is 53.9 Å². The number of aryl methyl sites for hydroxylation is 3. The normalized spacial score (nSPS) is 10.6. The molecule has 1 heterocycles. The van der Waals surface area contributed by atoms with Gasteiger partial charge >= 0.3 is 0 Å². The third kappa shape index (κ3) is 2.91. The molecule has 0 spiro atoms. The summed E-state index contributed by atoms with van der Waals surface area (Å²) in [7, 11) is 0. The summed E-state index contributed by atoms with van der Waals surface area (Å²) in [5.41, 5.74) is 3.55. The molecule has 0 saturated carbocycles. The van der Waals surface area contributed by atoms with Crippen LogP contribution in [0.4, 0.5) is 0 Å². The molecular formula is C15H16BrNO. The molecule has 0 saturated heterocycles. The minimum absolute atomic E-state index is 0.0436. The van der Waals surface area contributed by atoms with E-state index in [4.69, 9.17) is 0 Å². The van der Waals surface area contributed by atoms with Crippen LogP contribution in [0, 0.1) is 13.8 Å². The van der Waals surface area contributed by atoms with Crippen molar-refractivity contribution in [2.45, 2.75) is 26.8 Å². The van der Waals surface area contributed by atoms with Crippen molar-refractivity contribution < 1.29 is 0 Å². The second-order valence-electron chi connectivity index (χ2n) is 4.52. The van der Waals surface area contributed by atoms with Crippen LogP contribution in [0.15, 0.2) is 45.7 Å². The summed E-state index contributed by atoms with van der Waals surface area (Å²) in [5, 5.41) is 0. The van der Waals surface area contributed by atoms with Crippen molar-refractivity contribution in [1.29, 1.82) is 0 Å². The van der Waals surface area contributed by atoms with E-state index in [2.05, 4.69) is 47.1 Å². The SMILES string of the molecule is Cc1ccc(CCn2c(C)ccc(Br)c2=O)cc1. The van der Waals surface area contributed by atoms with Gasteiger partial charge in [-0.2, -0.15) is 0 Å². The second-order valence-corrected chi connectivity index (χ2v) is 5.37. The Morgan fingerprint density at radius 3 is 2.39 bits per heavy atom. The lowest BCUT2D eigenvalue weighted by Crippen LogP contribution is -2.23. The number of nitrogens with zero attached hydrogens (tertiary/aromatic N) is 1. The van der Waals surface area contributed by atoms with Crippen LogP contribution in [0.25, 0.3) is 0 Å². The van der Waals surface area contributed by atoms with E-state index in [1.54, 1.807) is 6.07 Å². The van der Waals surface area contributed by atoms with E-state index in [1.807, 2.05) is 17.6 Å². The molecule has 1 aromatic carbocycles. The van der Waals surface area contributed by atoms with Crippen molar-refractivity contribution in [1.82, 2.24) is 4.57 Å². The van der Waals surface area contributed by atoms with Crippen molar-refractivity contribution in [3.05, 3.63) is 68.0 Å². The number of benzene rings is 1. The smallest absolute Gasteiger partial charge is 0.265 e. The third-order valence-corrected chi connectivity index (χ3v) is 3.69. The highest BCUT2D eigenvalue weighted by Crippen LogP contribution is 2.08. The first kappa shape index (κ1) is 13.1. The highest BCUT2D eigenvalue weighted by Gasteiger charge is 2.04. The second kappa shape index (κ2) is 5.53. The van der Waals surface area contributed by atoms with E-state index in [9.17, 15) is 4.79 Å². The molecule has 94 valence electrons. The van der Waals surface area contributed by atoms with Crippen LogP contribution < -0.4 is 5.56 Å². The fraction of sp³-hybridized carbons (Fsp3) is 0.267.